The highest BCUT2D eigenvalue weighted by Crippen LogP contribution is 2.29. The lowest BCUT2D eigenvalue weighted by Gasteiger charge is -2.36. The molecule has 0 saturated carbocycles. The molecular formula is C20H16Cl2N6. The number of anilines is 2. The van der Waals surface area contributed by atoms with Crippen LogP contribution in [0.15, 0.2) is 49.1 Å². The fourth-order valence-electron chi connectivity index (χ4n) is 3.67. The van der Waals surface area contributed by atoms with Crippen molar-refractivity contribution in [1.29, 1.82) is 0 Å². The molecule has 1 aliphatic heterocycles. The maximum atomic E-state index is 6.10. The van der Waals surface area contributed by atoms with Crippen molar-refractivity contribution in [2.75, 3.05) is 36.0 Å². The van der Waals surface area contributed by atoms with Crippen LogP contribution in [-0.2, 0) is 0 Å². The average molecular weight is 411 g/mol. The first-order valence-corrected chi connectivity index (χ1v) is 9.75. The van der Waals surface area contributed by atoms with Crippen LogP contribution < -0.4 is 9.80 Å². The van der Waals surface area contributed by atoms with Gasteiger partial charge in [-0.15, -0.1) is 0 Å². The van der Waals surface area contributed by atoms with Gasteiger partial charge in [0.2, 0.25) is 0 Å². The highest BCUT2D eigenvalue weighted by Gasteiger charge is 2.22. The van der Waals surface area contributed by atoms with Crippen molar-refractivity contribution < 1.29 is 0 Å². The van der Waals surface area contributed by atoms with E-state index in [-0.39, 0.29) is 0 Å². The number of rotatable bonds is 2. The molecule has 0 amide bonds. The van der Waals surface area contributed by atoms with Gasteiger partial charge in [-0.2, -0.15) is 0 Å². The van der Waals surface area contributed by atoms with E-state index in [4.69, 9.17) is 23.2 Å². The van der Waals surface area contributed by atoms with Crippen LogP contribution in [0.2, 0.25) is 10.0 Å². The number of aromatic nitrogens is 4. The van der Waals surface area contributed by atoms with Crippen LogP contribution in [0, 0.1) is 0 Å². The van der Waals surface area contributed by atoms with Crippen molar-refractivity contribution in [2.45, 2.75) is 0 Å². The van der Waals surface area contributed by atoms with E-state index in [2.05, 4.69) is 29.7 Å². The second-order valence-corrected chi connectivity index (χ2v) is 7.56. The molecule has 0 bridgehead atoms. The highest BCUT2D eigenvalue weighted by molar-refractivity contribution is 6.31. The summed E-state index contributed by atoms with van der Waals surface area (Å²) < 4.78 is 0. The van der Waals surface area contributed by atoms with Crippen molar-refractivity contribution in [1.82, 2.24) is 19.9 Å². The first-order chi connectivity index (χ1) is 13.7. The summed E-state index contributed by atoms with van der Waals surface area (Å²) in [6.45, 7) is 3.36. The van der Waals surface area contributed by atoms with Crippen molar-refractivity contribution in [3.8, 4) is 0 Å². The van der Waals surface area contributed by atoms with E-state index >= 15 is 0 Å². The van der Waals surface area contributed by atoms with Crippen molar-refractivity contribution in [3.63, 3.8) is 0 Å². The standard InChI is InChI=1S/C20H16Cl2N6/c21-13-1-3-15-17(9-13)23-11-25-19(15)27-5-7-28(8-6-27)20-16-4-2-14(22)10-18(16)24-12-26-20/h1-4,9-12H,5-8H2. The van der Waals surface area contributed by atoms with Gasteiger partial charge < -0.3 is 9.80 Å². The Morgan fingerprint density at radius 1 is 0.607 bits per heavy atom. The second kappa shape index (κ2) is 7.04. The molecule has 3 heterocycles. The SMILES string of the molecule is Clc1ccc2c(N3CCN(c4ncnc5cc(Cl)ccc45)CC3)ncnc2c1. The summed E-state index contributed by atoms with van der Waals surface area (Å²) in [4.78, 5) is 22.3. The van der Waals surface area contributed by atoms with Crippen LogP contribution in [-0.4, -0.2) is 46.1 Å². The van der Waals surface area contributed by atoms with E-state index in [1.807, 2.05) is 36.4 Å². The Labute approximate surface area is 171 Å². The lowest BCUT2D eigenvalue weighted by Crippen LogP contribution is -2.47. The van der Waals surface area contributed by atoms with E-state index < -0.39 is 0 Å². The Morgan fingerprint density at radius 2 is 1.04 bits per heavy atom. The van der Waals surface area contributed by atoms with Crippen LogP contribution in [0.4, 0.5) is 11.6 Å². The van der Waals surface area contributed by atoms with Gasteiger partial charge in [0.15, 0.2) is 0 Å². The largest absolute Gasteiger partial charge is 0.352 e. The lowest BCUT2D eigenvalue weighted by molar-refractivity contribution is 0.644. The number of halogens is 2. The van der Waals surface area contributed by atoms with Gasteiger partial charge in [-0.1, -0.05) is 23.2 Å². The molecule has 0 aliphatic carbocycles. The Bertz CT molecular complexity index is 1080. The Balaban J connectivity index is 1.42. The van der Waals surface area contributed by atoms with Crippen LogP contribution in [0.5, 0.6) is 0 Å². The van der Waals surface area contributed by atoms with Crippen molar-refractivity contribution in [3.05, 3.63) is 59.1 Å². The second-order valence-electron chi connectivity index (χ2n) is 6.69. The minimum atomic E-state index is 0.678. The molecular weight excluding hydrogens is 395 g/mol. The molecule has 5 rings (SSSR count). The fourth-order valence-corrected chi connectivity index (χ4v) is 4.00. The molecule has 2 aromatic heterocycles. The van der Waals surface area contributed by atoms with Crippen LogP contribution in [0.25, 0.3) is 21.8 Å². The van der Waals surface area contributed by atoms with E-state index in [1.54, 1.807) is 12.7 Å². The molecule has 8 heteroatoms. The summed E-state index contributed by atoms with van der Waals surface area (Å²) in [5.41, 5.74) is 1.72. The highest BCUT2D eigenvalue weighted by atomic mass is 35.5. The normalized spacial score (nSPS) is 14.8. The molecule has 140 valence electrons. The first-order valence-electron chi connectivity index (χ1n) is 8.99. The molecule has 1 fully saturated rings. The molecule has 1 aliphatic rings. The quantitative estimate of drug-likeness (QED) is 0.493. The smallest absolute Gasteiger partial charge is 0.140 e. The number of hydrogen-bond donors (Lipinski definition) is 0. The van der Waals surface area contributed by atoms with E-state index in [1.165, 1.54) is 0 Å². The summed E-state index contributed by atoms with van der Waals surface area (Å²) in [5, 5.41) is 3.39. The summed E-state index contributed by atoms with van der Waals surface area (Å²) in [6.07, 6.45) is 3.20. The van der Waals surface area contributed by atoms with Crippen LogP contribution in [0.3, 0.4) is 0 Å². The zero-order valence-electron chi connectivity index (χ0n) is 14.9. The van der Waals surface area contributed by atoms with E-state index in [0.717, 1.165) is 59.6 Å². The van der Waals surface area contributed by atoms with Gasteiger partial charge in [-0.05, 0) is 36.4 Å². The molecule has 2 aromatic carbocycles. The van der Waals surface area contributed by atoms with E-state index in [9.17, 15) is 0 Å². The number of nitrogens with zero attached hydrogens (tertiary/aromatic N) is 6. The Kier molecular flexibility index (Phi) is 4.37. The predicted molar refractivity (Wildman–Crippen MR) is 114 cm³/mol. The topological polar surface area (TPSA) is 58.0 Å². The van der Waals surface area contributed by atoms with Crippen LogP contribution >= 0.6 is 23.2 Å². The summed E-state index contributed by atoms with van der Waals surface area (Å²) >= 11 is 12.2. The zero-order valence-corrected chi connectivity index (χ0v) is 16.4. The molecule has 6 nitrogen and oxygen atoms in total. The van der Waals surface area contributed by atoms with Gasteiger partial charge in [0, 0.05) is 47.0 Å². The average Bonchev–Trinajstić information content (AvgIpc) is 2.72. The Morgan fingerprint density at radius 3 is 1.46 bits per heavy atom. The third-order valence-electron chi connectivity index (χ3n) is 5.03. The van der Waals surface area contributed by atoms with Gasteiger partial charge in [-0.3, -0.25) is 0 Å². The fraction of sp³-hybridized carbons (Fsp3) is 0.200. The lowest BCUT2D eigenvalue weighted by atomic mass is 10.2. The number of fused-ring (bicyclic) bond motifs is 2. The maximum Gasteiger partial charge on any atom is 0.140 e. The summed E-state index contributed by atoms with van der Waals surface area (Å²) in [7, 11) is 0. The summed E-state index contributed by atoms with van der Waals surface area (Å²) in [6, 6.07) is 11.5. The molecule has 0 atom stereocenters. The third-order valence-corrected chi connectivity index (χ3v) is 5.50. The third kappa shape index (κ3) is 3.08. The van der Waals surface area contributed by atoms with Gasteiger partial charge in [0.05, 0.1) is 11.0 Å². The van der Waals surface area contributed by atoms with Crippen molar-refractivity contribution >= 4 is 56.6 Å². The molecule has 0 unspecified atom stereocenters. The number of hydrogen-bond acceptors (Lipinski definition) is 6. The van der Waals surface area contributed by atoms with Gasteiger partial charge in [0.1, 0.15) is 24.3 Å². The van der Waals surface area contributed by atoms with Crippen LogP contribution in [0.1, 0.15) is 0 Å². The first kappa shape index (κ1) is 17.4. The number of benzene rings is 2. The molecule has 28 heavy (non-hydrogen) atoms. The molecule has 0 N–H and O–H groups in total. The molecule has 4 aromatic rings. The molecule has 1 saturated heterocycles. The molecule has 0 radical (unpaired) electrons. The maximum absolute atomic E-state index is 6.10. The van der Waals surface area contributed by atoms with Crippen molar-refractivity contribution in [2.24, 2.45) is 0 Å². The number of piperazine rings is 1. The summed E-state index contributed by atoms with van der Waals surface area (Å²) in [5.74, 6) is 1.89. The zero-order chi connectivity index (χ0) is 19.1. The van der Waals surface area contributed by atoms with Gasteiger partial charge in [0.25, 0.3) is 0 Å². The van der Waals surface area contributed by atoms with E-state index in [0.29, 0.717) is 10.0 Å². The Hall–Kier alpha value is -2.70. The minimum Gasteiger partial charge on any atom is -0.352 e. The predicted octanol–water partition coefficient (Wildman–Crippen LogP) is 4.21. The monoisotopic (exact) mass is 410 g/mol. The molecule has 0 spiro atoms. The van der Waals surface area contributed by atoms with Gasteiger partial charge >= 0.3 is 0 Å². The minimum absolute atomic E-state index is 0.678. The van der Waals surface area contributed by atoms with Gasteiger partial charge in [-0.25, -0.2) is 19.9 Å².